The van der Waals surface area contributed by atoms with E-state index >= 15 is 0 Å². The minimum absolute atomic E-state index is 0.190. The largest absolute Gasteiger partial charge is 0.447 e. The molecule has 0 atom stereocenters. The van der Waals surface area contributed by atoms with E-state index in [9.17, 15) is 8.42 Å². The third-order valence-electron chi connectivity index (χ3n) is 2.27. The van der Waals surface area contributed by atoms with Crippen LogP contribution in [0.3, 0.4) is 0 Å². The lowest BCUT2D eigenvalue weighted by molar-refractivity contribution is 0.354. The van der Waals surface area contributed by atoms with Gasteiger partial charge in [-0.25, -0.2) is 13.6 Å². The first-order valence-corrected chi connectivity index (χ1v) is 7.05. The molecule has 1 rings (SSSR count). The van der Waals surface area contributed by atoms with Crippen molar-refractivity contribution in [1.82, 2.24) is 5.32 Å². The first-order chi connectivity index (χ1) is 7.68. The van der Waals surface area contributed by atoms with Crippen molar-refractivity contribution in [2.45, 2.75) is 38.8 Å². The van der Waals surface area contributed by atoms with Crippen LogP contribution in [0.5, 0.6) is 0 Å². The van der Waals surface area contributed by atoms with Crippen LogP contribution in [0.1, 0.15) is 33.0 Å². The zero-order chi connectivity index (χ0) is 13.1. The van der Waals surface area contributed by atoms with E-state index in [2.05, 4.69) is 26.1 Å². The molecule has 0 spiro atoms. The van der Waals surface area contributed by atoms with Crippen molar-refractivity contribution in [3.8, 4) is 0 Å². The average molecular weight is 260 g/mol. The van der Waals surface area contributed by atoms with Crippen LogP contribution in [0.4, 0.5) is 0 Å². The summed E-state index contributed by atoms with van der Waals surface area (Å²) in [6.45, 7) is 7.86. The summed E-state index contributed by atoms with van der Waals surface area (Å²) >= 11 is 0. The molecule has 98 valence electrons. The number of nitrogens with one attached hydrogen (secondary N) is 1. The topological polar surface area (TPSA) is 85.3 Å². The van der Waals surface area contributed by atoms with Crippen molar-refractivity contribution in [2.24, 2.45) is 10.6 Å². The minimum atomic E-state index is -3.73. The average Bonchev–Trinajstić information content (AvgIpc) is 2.58. The highest BCUT2D eigenvalue weighted by Gasteiger charge is 2.13. The summed E-state index contributed by atoms with van der Waals surface area (Å²) in [5, 5.41) is 7.94. The molecule has 3 N–H and O–H groups in total. The summed E-state index contributed by atoms with van der Waals surface area (Å²) in [5.41, 5.74) is 0.280. The summed E-state index contributed by atoms with van der Waals surface area (Å²) in [5.74, 6) is 0.572. The molecule has 0 bridgehead atoms. The van der Waals surface area contributed by atoms with E-state index in [1.807, 2.05) is 0 Å². The molecule has 6 heteroatoms. The molecule has 5 nitrogen and oxygen atoms in total. The van der Waals surface area contributed by atoms with Gasteiger partial charge in [0.15, 0.2) is 0 Å². The fraction of sp³-hybridized carbons (Fsp3) is 0.636. The second-order valence-corrected chi connectivity index (χ2v) is 6.75. The lowest BCUT2D eigenvalue weighted by Gasteiger charge is -2.17. The minimum Gasteiger partial charge on any atom is -0.447 e. The van der Waals surface area contributed by atoms with E-state index in [1.54, 1.807) is 6.07 Å². The van der Waals surface area contributed by atoms with Crippen LogP contribution in [0.15, 0.2) is 21.6 Å². The molecule has 1 heterocycles. The predicted octanol–water partition coefficient (Wildman–Crippen LogP) is 1.45. The molecule has 0 saturated carbocycles. The van der Waals surface area contributed by atoms with Crippen LogP contribution in [0, 0.1) is 5.41 Å². The summed E-state index contributed by atoms with van der Waals surface area (Å²) in [4.78, 5) is 0. The van der Waals surface area contributed by atoms with Gasteiger partial charge in [-0.05, 0) is 30.5 Å². The van der Waals surface area contributed by atoms with Crippen LogP contribution in [-0.2, 0) is 16.6 Å². The Kier molecular flexibility index (Phi) is 4.35. The zero-order valence-electron chi connectivity index (χ0n) is 10.5. The molecule has 0 amide bonds. The molecule has 0 aliphatic carbocycles. The Bertz CT molecular complexity index is 457. The first kappa shape index (κ1) is 14.2. The number of sulfonamides is 1. The summed E-state index contributed by atoms with van der Waals surface area (Å²) in [6.07, 6.45) is 1.04. The number of hydrogen-bond donors (Lipinski definition) is 2. The quantitative estimate of drug-likeness (QED) is 0.785. The van der Waals surface area contributed by atoms with Crippen LogP contribution < -0.4 is 10.5 Å². The van der Waals surface area contributed by atoms with Crippen LogP contribution in [0.2, 0.25) is 0 Å². The van der Waals surface area contributed by atoms with E-state index in [-0.39, 0.29) is 10.5 Å². The fourth-order valence-corrected chi connectivity index (χ4v) is 1.76. The third-order valence-corrected chi connectivity index (χ3v) is 3.05. The highest BCUT2D eigenvalue weighted by atomic mass is 32.2. The summed E-state index contributed by atoms with van der Waals surface area (Å²) in [6, 6.07) is 2.99. The van der Waals surface area contributed by atoms with Gasteiger partial charge in [0.1, 0.15) is 5.76 Å². The number of rotatable bonds is 5. The van der Waals surface area contributed by atoms with E-state index in [0.29, 0.717) is 12.3 Å². The molecular weight excluding hydrogens is 240 g/mol. The van der Waals surface area contributed by atoms with Gasteiger partial charge in [0.2, 0.25) is 5.09 Å². The SMILES string of the molecule is CC(C)(C)CCNCc1ccc(S(N)(=O)=O)o1. The smallest absolute Gasteiger partial charge is 0.271 e. The second kappa shape index (κ2) is 5.20. The fourth-order valence-electron chi connectivity index (χ4n) is 1.28. The standard InChI is InChI=1S/C11H20N2O3S/c1-11(2,3)6-7-13-8-9-4-5-10(16-9)17(12,14)15/h4-5,13H,6-8H2,1-3H3,(H2,12,14,15). The molecule has 0 aliphatic rings. The maximum atomic E-state index is 11.0. The van der Waals surface area contributed by atoms with Gasteiger partial charge in [0, 0.05) is 0 Å². The van der Waals surface area contributed by atoms with Crippen molar-refractivity contribution in [1.29, 1.82) is 0 Å². The van der Waals surface area contributed by atoms with Gasteiger partial charge in [-0.15, -0.1) is 0 Å². The molecule has 1 aromatic heterocycles. The van der Waals surface area contributed by atoms with Gasteiger partial charge < -0.3 is 9.73 Å². The van der Waals surface area contributed by atoms with Crippen molar-refractivity contribution in [3.63, 3.8) is 0 Å². The monoisotopic (exact) mass is 260 g/mol. The molecule has 0 saturated heterocycles. The molecule has 0 unspecified atom stereocenters. The Balaban J connectivity index is 2.41. The Morgan fingerprint density at radius 1 is 1.35 bits per heavy atom. The highest BCUT2D eigenvalue weighted by molar-refractivity contribution is 7.89. The van der Waals surface area contributed by atoms with Crippen LogP contribution in [-0.4, -0.2) is 15.0 Å². The highest BCUT2D eigenvalue weighted by Crippen LogP contribution is 2.17. The Hall–Kier alpha value is -0.850. The summed E-state index contributed by atoms with van der Waals surface area (Å²) < 4.78 is 27.0. The Morgan fingerprint density at radius 3 is 2.47 bits per heavy atom. The maximum Gasteiger partial charge on any atom is 0.271 e. The normalized spacial score (nSPS) is 12.9. The molecule has 1 aromatic rings. The van der Waals surface area contributed by atoms with Gasteiger partial charge in [0.05, 0.1) is 6.54 Å². The van der Waals surface area contributed by atoms with Gasteiger partial charge in [-0.2, -0.15) is 0 Å². The summed E-state index contributed by atoms with van der Waals surface area (Å²) in [7, 11) is -3.73. The molecular formula is C11H20N2O3S. The van der Waals surface area contributed by atoms with Crippen molar-refractivity contribution in [2.75, 3.05) is 6.54 Å². The number of furan rings is 1. The third kappa shape index (κ3) is 5.34. The second-order valence-electron chi connectivity index (χ2n) is 5.25. The maximum absolute atomic E-state index is 11.0. The van der Waals surface area contributed by atoms with Gasteiger partial charge in [0.25, 0.3) is 10.0 Å². The zero-order valence-corrected chi connectivity index (χ0v) is 11.3. The lowest BCUT2D eigenvalue weighted by atomic mass is 9.92. The van der Waals surface area contributed by atoms with Gasteiger partial charge >= 0.3 is 0 Å². The van der Waals surface area contributed by atoms with Gasteiger partial charge in [-0.3, -0.25) is 0 Å². The molecule has 0 aromatic carbocycles. The van der Waals surface area contributed by atoms with Crippen molar-refractivity contribution in [3.05, 3.63) is 17.9 Å². The van der Waals surface area contributed by atoms with E-state index in [1.165, 1.54) is 6.07 Å². The van der Waals surface area contributed by atoms with Crippen molar-refractivity contribution < 1.29 is 12.8 Å². The van der Waals surface area contributed by atoms with E-state index in [0.717, 1.165) is 13.0 Å². The Labute approximate surface area is 102 Å². The molecule has 0 fully saturated rings. The molecule has 0 aliphatic heterocycles. The number of primary sulfonamides is 1. The number of hydrogen-bond acceptors (Lipinski definition) is 4. The van der Waals surface area contributed by atoms with Crippen LogP contribution in [0.25, 0.3) is 0 Å². The molecule has 0 radical (unpaired) electrons. The first-order valence-electron chi connectivity index (χ1n) is 5.51. The lowest BCUT2D eigenvalue weighted by Crippen LogP contribution is -2.20. The molecule has 17 heavy (non-hydrogen) atoms. The van der Waals surface area contributed by atoms with Crippen molar-refractivity contribution >= 4 is 10.0 Å². The predicted molar refractivity (Wildman–Crippen MR) is 65.9 cm³/mol. The van der Waals surface area contributed by atoms with Gasteiger partial charge in [-0.1, -0.05) is 20.8 Å². The van der Waals surface area contributed by atoms with Crippen LogP contribution >= 0.6 is 0 Å². The Morgan fingerprint density at radius 2 is 2.00 bits per heavy atom. The van der Waals surface area contributed by atoms with E-state index in [4.69, 9.17) is 9.56 Å². The number of nitrogens with two attached hydrogens (primary N) is 1. The van der Waals surface area contributed by atoms with E-state index < -0.39 is 10.0 Å².